The molecule has 4 rings (SSSR count). The van der Waals surface area contributed by atoms with Crippen LogP contribution in [0.15, 0.2) is 48.5 Å². The maximum absolute atomic E-state index is 13.5. The van der Waals surface area contributed by atoms with Crippen molar-refractivity contribution in [2.24, 2.45) is 0 Å². The SMILES string of the molecule is Cc1cc(C(C)(C)C)cc(C(C)(C)C)c1C(C[PH](O)(O)O[PH](O)(O)C(c1c(C)cc(C(C)(C)C)cc1C(C)(C)C)c1c(C)cc(C(C)(C)C)cc1C(C)(C)C)c1c(C)cc(C(C)(C)C)cc1C(C)(C)C. The molecule has 0 atom stereocenters. The zero-order valence-corrected chi connectivity index (χ0v) is 51.7. The van der Waals surface area contributed by atoms with Gasteiger partial charge in [0.05, 0.1) is 0 Å². The molecule has 4 aromatic rings. The Bertz CT molecular complexity index is 2390. The Hall–Kier alpha value is -2.46. The van der Waals surface area contributed by atoms with Crippen LogP contribution < -0.4 is 0 Å². The van der Waals surface area contributed by atoms with Crippen molar-refractivity contribution < 1.29 is 23.9 Å². The molecule has 0 radical (unpaired) electrons. The van der Waals surface area contributed by atoms with Gasteiger partial charge < -0.3 is 0 Å². The molecule has 0 aliphatic carbocycles. The molecule has 0 spiro atoms. The van der Waals surface area contributed by atoms with Crippen molar-refractivity contribution in [2.75, 3.05) is 6.16 Å². The summed E-state index contributed by atoms with van der Waals surface area (Å²) < 4.78 is 6.70. The van der Waals surface area contributed by atoms with E-state index in [9.17, 15) is 19.6 Å². The van der Waals surface area contributed by atoms with Crippen LogP contribution in [0.25, 0.3) is 0 Å². The Kier molecular flexibility index (Phi) is 16.6. The first-order valence-corrected chi connectivity index (χ1v) is 30.0. The van der Waals surface area contributed by atoms with E-state index in [1.54, 1.807) is 0 Å². The monoisotopic (exact) mass is 1000 g/mol. The summed E-state index contributed by atoms with van der Waals surface area (Å²) in [6, 6.07) is 18.1. The van der Waals surface area contributed by atoms with Crippen LogP contribution >= 0.6 is 15.9 Å². The minimum absolute atomic E-state index is 0.132. The van der Waals surface area contributed by atoms with E-state index in [4.69, 9.17) is 4.31 Å². The van der Waals surface area contributed by atoms with E-state index in [1.807, 2.05) is 0 Å². The standard InChI is InChI=1S/C63H102O5P2/c1-38-29-42(56(5,6)7)33-47(60(17,18)19)51(38)46(52-39(2)30-43(57(8,9)10)34-48(52)61(20,21)22)37-69(64,65)68-70(66,67)55(53-40(3)31-44(58(11,12)13)35-49(53)62(23,24)25)54-41(4)32-45(59(14,15)16)36-50(54)63(26,27)28/h29-36,46,55,64-67,69-70H,37H2,1-28H3. The van der Waals surface area contributed by atoms with Gasteiger partial charge in [0, 0.05) is 0 Å². The number of hydrogen-bond donors (Lipinski definition) is 4. The summed E-state index contributed by atoms with van der Waals surface area (Å²) in [6.07, 6.45) is -0.213. The molecule has 0 saturated carbocycles. The van der Waals surface area contributed by atoms with Crippen molar-refractivity contribution in [3.63, 3.8) is 0 Å². The average Bonchev–Trinajstić information content (AvgIpc) is 3.10. The van der Waals surface area contributed by atoms with Crippen molar-refractivity contribution in [2.45, 2.75) is 249 Å². The predicted octanol–water partition coefficient (Wildman–Crippen LogP) is 17.2. The van der Waals surface area contributed by atoms with Gasteiger partial charge in [-0.15, -0.1) is 0 Å². The number of benzene rings is 4. The summed E-state index contributed by atoms with van der Waals surface area (Å²) in [7, 11) is -10.3. The molecule has 0 saturated heterocycles. The molecule has 4 N–H and O–H groups in total. The summed E-state index contributed by atoms with van der Waals surface area (Å²) in [5, 5.41) is 0. The number of hydrogen-bond acceptors (Lipinski definition) is 5. The molecule has 0 aliphatic rings. The third-order valence-corrected chi connectivity index (χ3v) is 19.5. The van der Waals surface area contributed by atoms with Gasteiger partial charge in [0.25, 0.3) is 0 Å². The molecule has 70 heavy (non-hydrogen) atoms. The maximum atomic E-state index is 13.5. The molecule has 7 heteroatoms. The van der Waals surface area contributed by atoms with Gasteiger partial charge >= 0.3 is 432 Å². The molecule has 394 valence electrons. The van der Waals surface area contributed by atoms with Crippen LogP contribution in [0.2, 0.25) is 0 Å². The Morgan fingerprint density at radius 1 is 0.343 bits per heavy atom. The fraction of sp³-hybridized carbons (Fsp3) is 0.619. The molecule has 0 heterocycles. The average molecular weight is 1000 g/mol. The minimum atomic E-state index is -5.26. The summed E-state index contributed by atoms with van der Waals surface area (Å²) >= 11 is 0. The van der Waals surface area contributed by atoms with E-state index in [2.05, 4.69) is 242 Å². The molecule has 0 unspecified atom stereocenters. The normalized spacial score (nSPS) is 14.8. The fourth-order valence-corrected chi connectivity index (χ4v) is 15.8. The van der Waals surface area contributed by atoms with Crippen molar-refractivity contribution in [1.82, 2.24) is 0 Å². The molecule has 5 nitrogen and oxygen atoms in total. The Morgan fingerprint density at radius 2 is 0.557 bits per heavy atom. The first-order valence-electron chi connectivity index (χ1n) is 26.1. The zero-order chi connectivity index (χ0) is 54.5. The van der Waals surface area contributed by atoms with Gasteiger partial charge in [-0.25, -0.2) is 0 Å². The van der Waals surface area contributed by atoms with Crippen molar-refractivity contribution >= 4 is 15.9 Å². The molecule has 0 aliphatic heterocycles. The molecule has 0 aromatic heterocycles. The van der Waals surface area contributed by atoms with E-state index in [0.29, 0.717) is 0 Å². The van der Waals surface area contributed by atoms with Gasteiger partial charge in [0.1, 0.15) is 0 Å². The quantitative estimate of drug-likeness (QED) is 0.125. The second-order valence-corrected chi connectivity index (χ2v) is 34.3. The van der Waals surface area contributed by atoms with Crippen molar-refractivity contribution in [3.05, 3.63) is 138 Å². The van der Waals surface area contributed by atoms with E-state index >= 15 is 0 Å². The van der Waals surface area contributed by atoms with Crippen LogP contribution in [-0.2, 0) is 47.6 Å². The van der Waals surface area contributed by atoms with Crippen LogP contribution in [0.3, 0.4) is 0 Å². The van der Waals surface area contributed by atoms with E-state index in [0.717, 1.165) is 77.9 Å². The molecule has 0 bridgehead atoms. The number of rotatable bonds is 9. The second kappa shape index (κ2) is 19.3. The van der Waals surface area contributed by atoms with Crippen LogP contribution in [0, 0.1) is 27.7 Å². The van der Waals surface area contributed by atoms with Crippen molar-refractivity contribution in [1.29, 1.82) is 0 Å². The Labute approximate surface area is 430 Å². The van der Waals surface area contributed by atoms with Crippen LogP contribution in [-0.4, -0.2) is 25.7 Å². The first-order chi connectivity index (χ1) is 30.9. The second-order valence-electron chi connectivity index (χ2n) is 29.7. The van der Waals surface area contributed by atoms with Gasteiger partial charge in [0.2, 0.25) is 0 Å². The third kappa shape index (κ3) is 13.4. The first kappa shape index (κ1) is 60.1. The van der Waals surface area contributed by atoms with E-state index < -0.39 is 38.3 Å². The molecular formula is C63H102O5P2. The van der Waals surface area contributed by atoms with Crippen LogP contribution in [0.1, 0.15) is 267 Å². The molecular weight excluding hydrogens is 899 g/mol. The summed E-state index contributed by atoms with van der Waals surface area (Å²) in [5.74, 6) is -0.563. The van der Waals surface area contributed by atoms with Gasteiger partial charge in [-0.05, 0) is 0 Å². The van der Waals surface area contributed by atoms with E-state index in [-0.39, 0.29) is 38.7 Å². The fourth-order valence-electron chi connectivity index (χ4n) is 10.6. The molecule has 0 amide bonds. The van der Waals surface area contributed by atoms with Crippen molar-refractivity contribution in [3.8, 4) is 0 Å². The van der Waals surface area contributed by atoms with Gasteiger partial charge in [0.15, 0.2) is 0 Å². The summed E-state index contributed by atoms with van der Waals surface area (Å²) in [4.78, 5) is 53.2. The summed E-state index contributed by atoms with van der Waals surface area (Å²) in [6.45, 7) is 61.6. The van der Waals surface area contributed by atoms with E-state index in [1.165, 1.54) is 11.1 Å². The molecule has 4 aromatic carbocycles. The Balaban J connectivity index is 2.24. The van der Waals surface area contributed by atoms with Gasteiger partial charge in [-0.3, -0.25) is 0 Å². The van der Waals surface area contributed by atoms with Crippen LogP contribution in [0.4, 0.5) is 0 Å². The number of aryl methyl sites for hydroxylation is 4. The predicted molar refractivity (Wildman–Crippen MR) is 309 cm³/mol. The Morgan fingerprint density at radius 3 is 0.771 bits per heavy atom. The topological polar surface area (TPSA) is 90.2 Å². The van der Waals surface area contributed by atoms with Gasteiger partial charge in [-0.2, -0.15) is 0 Å². The summed E-state index contributed by atoms with van der Waals surface area (Å²) in [5.41, 5.74) is 13.3. The van der Waals surface area contributed by atoms with Gasteiger partial charge in [-0.1, -0.05) is 0 Å². The third-order valence-electron chi connectivity index (χ3n) is 14.7. The zero-order valence-electron chi connectivity index (χ0n) is 49.7. The van der Waals surface area contributed by atoms with Crippen LogP contribution in [0.5, 0.6) is 0 Å². The molecule has 0 fully saturated rings.